The quantitative estimate of drug-likeness (QED) is 0.334. The van der Waals surface area contributed by atoms with Crippen LogP contribution in [-0.2, 0) is 4.79 Å². The first kappa shape index (κ1) is 23.3. The third-order valence-electron chi connectivity index (χ3n) is 4.81. The first-order chi connectivity index (χ1) is 16.9. The van der Waals surface area contributed by atoms with Crippen molar-refractivity contribution < 1.29 is 32.3 Å². The molecular formula is C25H20FN3O6. The fourth-order valence-corrected chi connectivity index (χ4v) is 3.12. The van der Waals surface area contributed by atoms with E-state index in [4.69, 9.17) is 13.6 Å². The second kappa shape index (κ2) is 10.4. The number of anilines is 3. The zero-order chi connectivity index (χ0) is 24.8. The molecule has 178 valence electrons. The number of carbonyl (C=O) groups excluding carboxylic acids is 3. The Labute approximate surface area is 198 Å². The first-order valence-electron chi connectivity index (χ1n) is 10.4. The largest absolute Gasteiger partial charge is 0.484 e. The Morgan fingerprint density at radius 3 is 2.43 bits per heavy atom. The topological polar surface area (TPSA) is 123 Å². The lowest BCUT2D eigenvalue weighted by atomic mass is 10.2. The number of amides is 3. The molecule has 4 rings (SSSR count). The van der Waals surface area contributed by atoms with Crippen LogP contribution in [0.15, 0.2) is 82.0 Å². The number of nitrogens with one attached hydrogen (secondary N) is 3. The highest BCUT2D eigenvalue weighted by Gasteiger charge is 2.15. The van der Waals surface area contributed by atoms with Gasteiger partial charge in [0.25, 0.3) is 17.7 Å². The van der Waals surface area contributed by atoms with Gasteiger partial charge in [0.15, 0.2) is 12.4 Å². The van der Waals surface area contributed by atoms with Gasteiger partial charge in [-0.3, -0.25) is 14.4 Å². The van der Waals surface area contributed by atoms with Crippen LogP contribution >= 0.6 is 0 Å². The second-order valence-electron chi connectivity index (χ2n) is 7.34. The van der Waals surface area contributed by atoms with Gasteiger partial charge in [0.05, 0.1) is 23.8 Å². The van der Waals surface area contributed by atoms with E-state index >= 15 is 0 Å². The Morgan fingerprint density at radius 1 is 0.857 bits per heavy atom. The van der Waals surface area contributed by atoms with E-state index in [0.29, 0.717) is 17.2 Å². The fourth-order valence-electron chi connectivity index (χ4n) is 3.12. The molecule has 0 spiro atoms. The predicted molar refractivity (Wildman–Crippen MR) is 125 cm³/mol. The number of carbonyl (C=O) groups is 3. The predicted octanol–water partition coefficient (Wildman–Crippen LogP) is 4.84. The van der Waals surface area contributed by atoms with Crippen LogP contribution in [0.5, 0.6) is 5.75 Å². The molecular weight excluding hydrogens is 457 g/mol. The third-order valence-corrected chi connectivity index (χ3v) is 4.81. The van der Waals surface area contributed by atoms with Crippen molar-refractivity contribution in [1.29, 1.82) is 0 Å². The SMILES string of the molecule is Cc1occc1C(=O)Nc1cc(NC(=O)COc2cccc(NC(=O)c3ccco3)c2)ccc1F. The lowest BCUT2D eigenvalue weighted by Crippen LogP contribution is -2.20. The number of aryl methyl sites for hydroxylation is 1. The van der Waals surface area contributed by atoms with Crippen LogP contribution in [0.2, 0.25) is 0 Å². The van der Waals surface area contributed by atoms with E-state index in [0.717, 1.165) is 6.07 Å². The van der Waals surface area contributed by atoms with Crippen LogP contribution in [0.4, 0.5) is 21.5 Å². The van der Waals surface area contributed by atoms with E-state index < -0.39 is 23.5 Å². The molecule has 10 heteroatoms. The average Bonchev–Trinajstić information content (AvgIpc) is 3.52. The standard InChI is InChI=1S/C25H20FN3O6/c1-15-19(9-11-33-15)24(31)29-21-13-17(7-8-20(21)26)27-23(30)14-35-18-5-2-4-16(12-18)28-25(32)22-6-3-10-34-22/h2-13H,14H2,1H3,(H,27,30)(H,28,32)(H,29,31). The average molecular weight is 477 g/mol. The number of furan rings is 2. The summed E-state index contributed by atoms with van der Waals surface area (Å²) in [7, 11) is 0. The smallest absolute Gasteiger partial charge is 0.291 e. The summed E-state index contributed by atoms with van der Waals surface area (Å²) in [5, 5.41) is 7.70. The van der Waals surface area contributed by atoms with Gasteiger partial charge >= 0.3 is 0 Å². The van der Waals surface area contributed by atoms with Gasteiger partial charge in [-0.15, -0.1) is 0 Å². The van der Waals surface area contributed by atoms with Crippen molar-refractivity contribution in [3.63, 3.8) is 0 Å². The molecule has 3 N–H and O–H groups in total. The summed E-state index contributed by atoms with van der Waals surface area (Å²) < 4.78 is 29.8. The highest BCUT2D eigenvalue weighted by atomic mass is 19.1. The highest BCUT2D eigenvalue weighted by molar-refractivity contribution is 6.05. The van der Waals surface area contributed by atoms with Crippen molar-refractivity contribution in [2.24, 2.45) is 0 Å². The molecule has 0 saturated heterocycles. The summed E-state index contributed by atoms with van der Waals surface area (Å²) >= 11 is 0. The molecule has 9 nitrogen and oxygen atoms in total. The molecule has 0 atom stereocenters. The normalized spacial score (nSPS) is 10.5. The van der Waals surface area contributed by atoms with Crippen LogP contribution < -0.4 is 20.7 Å². The Bertz CT molecular complexity index is 1360. The van der Waals surface area contributed by atoms with Gasteiger partial charge in [0.1, 0.15) is 17.3 Å². The number of ether oxygens (including phenoxy) is 1. The summed E-state index contributed by atoms with van der Waals surface area (Å²) in [6.45, 7) is 1.27. The van der Waals surface area contributed by atoms with Crippen molar-refractivity contribution in [3.8, 4) is 5.75 Å². The Hall–Kier alpha value is -4.86. The van der Waals surface area contributed by atoms with E-state index in [9.17, 15) is 18.8 Å². The summed E-state index contributed by atoms with van der Waals surface area (Å²) in [5.74, 6) is -1.24. The van der Waals surface area contributed by atoms with Gasteiger partial charge in [0.2, 0.25) is 0 Å². The van der Waals surface area contributed by atoms with Crippen LogP contribution in [0.3, 0.4) is 0 Å². The first-order valence-corrected chi connectivity index (χ1v) is 10.4. The van der Waals surface area contributed by atoms with Crippen LogP contribution in [0.1, 0.15) is 26.7 Å². The molecule has 4 aromatic rings. The monoisotopic (exact) mass is 477 g/mol. The van der Waals surface area contributed by atoms with Crippen molar-refractivity contribution in [1.82, 2.24) is 0 Å². The van der Waals surface area contributed by atoms with Gasteiger partial charge < -0.3 is 29.5 Å². The molecule has 3 amide bonds. The van der Waals surface area contributed by atoms with E-state index in [1.807, 2.05) is 0 Å². The Kier molecular flexibility index (Phi) is 6.91. The van der Waals surface area contributed by atoms with Crippen molar-refractivity contribution in [2.75, 3.05) is 22.6 Å². The Morgan fingerprint density at radius 2 is 1.69 bits per heavy atom. The third kappa shape index (κ3) is 5.93. The van der Waals surface area contributed by atoms with Gasteiger partial charge in [-0.2, -0.15) is 0 Å². The highest BCUT2D eigenvalue weighted by Crippen LogP contribution is 2.22. The van der Waals surface area contributed by atoms with E-state index in [-0.39, 0.29) is 29.3 Å². The second-order valence-corrected chi connectivity index (χ2v) is 7.34. The molecule has 0 aliphatic carbocycles. The van der Waals surface area contributed by atoms with Gasteiger partial charge in [-0.1, -0.05) is 6.07 Å². The zero-order valence-corrected chi connectivity index (χ0v) is 18.5. The van der Waals surface area contributed by atoms with Crippen molar-refractivity contribution in [3.05, 3.63) is 96.1 Å². The van der Waals surface area contributed by atoms with Gasteiger partial charge in [-0.05, 0) is 55.5 Å². The molecule has 0 saturated carbocycles. The van der Waals surface area contributed by atoms with E-state index in [1.165, 1.54) is 36.8 Å². The number of hydrogen-bond donors (Lipinski definition) is 3. The number of benzene rings is 2. The Balaban J connectivity index is 1.33. The molecule has 0 bridgehead atoms. The minimum atomic E-state index is -0.665. The molecule has 2 aromatic heterocycles. The van der Waals surface area contributed by atoms with Crippen LogP contribution in [0.25, 0.3) is 0 Å². The molecule has 0 unspecified atom stereocenters. The molecule has 0 aliphatic heterocycles. The fraction of sp³-hybridized carbons (Fsp3) is 0.0800. The van der Waals surface area contributed by atoms with Gasteiger partial charge in [-0.25, -0.2) is 4.39 Å². The lowest BCUT2D eigenvalue weighted by molar-refractivity contribution is -0.118. The number of halogens is 1. The summed E-state index contributed by atoms with van der Waals surface area (Å²) in [6, 6.07) is 14.9. The van der Waals surface area contributed by atoms with Crippen molar-refractivity contribution >= 4 is 34.8 Å². The molecule has 0 fully saturated rings. The maximum absolute atomic E-state index is 14.2. The van der Waals surface area contributed by atoms with Crippen LogP contribution in [-0.4, -0.2) is 24.3 Å². The molecule has 0 radical (unpaired) electrons. The molecule has 2 heterocycles. The minimum Gasteiger partial charge on any atom is -0.484 e. The maximum Gasteiger partial charge on any atom is 0.291 e. The van der Waals surface area contributed by atoms with Gasteiger partial charge in [0, 0.05) is 17.4 Å². The summed E-state index contributed by atoms with van der Waals surface area (Å²) in [5.41, 5.74) is 0.888. The minimum absolute atomic E-state index is 0.102. The van der Waals surface area contributed by atoms with Crippen LogP contribution in [0, 0.1) is 12.7 Å². The lowest BCUT2D eigenvalue weighted by Gasteiger charge is -2.11. The zero-order valence-electron chi connectivity index (χ0n) is 18.5. The molecule has 35 heavy (non-hydrogen) atoms. The maximum atomic E-state index is 14.2. The van der Waals surface area contributed by atoms with E-state index in [1.54, 1.807) is 37.3 Å². The molecule has 2 aromatic carbocycles. The number of rotatable bonds is 8. The molecule has 0 aliphatic rings. The summed E-state index contributed by atoms with van der Waals surface area (Å²) in [4.78, 5) is 36.8. The number of hydrogen-bond acceptors (Lipinski definition) is 6. The van der Waals surface area contributed by atoms with Crippen molar-refractivity contribution in [2.45, 2.75) is 6.92 Å². The van der Waals surface area contributed by atoms with E-state index in [2.05, 4.69) is 16.0 Å². The summed E-state index contributed by atoms with van der Waals surface area (Å²) in [6.07, 6.45) is 2.76.